The molecule has 1 atom stereocenters. The topological polar surface area (TPSA) is 43.3 Å². The first kappa shape index (κ1) is 14.4. The zero-order valence-corrected chi connectivity index (χ0v) is 13.4. The molecule has 1 aromatic heterocycles. The van der Waals surface area contributed by atoms with Gasteiger partial charge in [0, 0.05) is 6.54 Å². The summed E-state index contributed by atoms with van der Waals surface area (Å²) < 4.78 is 8.49. The van der Waals surface area contributed by atoms with E-state index < -0.39 is 0 Å². The van der Waals surface area contributed by atoms with E-state index >= 15 is 0 Å². The number of rotatable bonds is 3. The molecule has 0 saturated heterocycles. The summed E-state index contributed by atoms with van der Waals surface area (Å²) in [4.78, 5) is 12.5. The van der Waals surface area contributed by atoms with Gasteiger partial charge in [0.05, 0.1) is 35.1 Å². The predicted octanol–water partition coefficient (Wildman–Crippen LogP) is 3.27. The molecule has 1 unspecified atom stereocenters. The largest absolute Gasteiger partial charge is 0.373 e. The molecule has 1 aliphatic heterocycles. The van der Waals surface area contributed by atoms with Crippen molar-refractivity contribution in [3.05, 3.63) is 57.8 Å². The Bertz CT molecular complexity index is 652. The second-order valence-electron chi connectivity index (χ2n) is 5.14. The molecule has 5 heteroatoms. The number of carbonyl (C=O) groups excluding carboxylic acids is 1. The van der Waals surface area contributed by atoms with Crippen molar-refractivity contribution in [2.45, 2.75) is 26.1 Å². The van der Waals surface area contributed by atoms with Gasteiger partial charge in [0.15, 0.2) is 0 Å². The van der Waals surface area contributed by atoms with Crippen molar-refractivity contribution in [3.8, 4) is 0 Å². The van der Waals surface area contributed by atoms with Crippen LogP contribution in [0.25, 0.3) is 0 Å². The van der Waals surface area contributed by atoms with E-state index in [1.165, 1.54) is 0 Å². The third-order valence-electron chi connectivity index (χ3n) is 3.75. The van der Waals surface area contributed by atoms with Crippen LogP contribution in [0.15, 0.2) is 41.0 Å². The molecule has 3 rings (SSSR count). The number of hydrogen-bond acceptors (Lipinski definition) is 2. The minimum absolute atomic E-state index is 0.0301. The van der Waals surface area contributed by atoms with Gasteiger partial charge in [-0.15, -0.1) is 0 Å². The lowest BCUT2D eigenvalue weighted by molar-refractivity contribution is 0.0804. The molecule has 2 heterocycles. The molecule has 0 bridgehead atoms. The first-order chi connectivity index (χ1) is 10.2. The Labute approximate surface area is 132 Å². The first-order valence-corrected chi connectivity index (χ1v) is 7.77. The molecular formula is C16H17BrN2O2. The summed E-state index contributed by atoms with van der Waals surface area (Å²) in [5.41, 5.74) is 2.71. The zero-order valence-electron chi connectivity index (χ0n) is 11.8. The normalized spacial score (nSPS) is 15.3. The number of halogens is 1. The standard InChI is InChI=1S/C16H17BrN2O2/c1-11(12-5-3-2-4-6-12)18-16(20)13-9-15(17)19-7-8-21-10-14(13)19/h2-6,9,11H,7-8,10H2,1H3,(H,18,20). The van der Waals surface area contributed by atoms with Crippen LogP contribution in [0.2, 0.25) is 0 Å². The van der Waals surface area contributed by atoms with Crippen molar-refractivity contribution >= 4 is 21.8 Å². The van der Waals surface area contributed by atoms with Crippen LogP contribution < -0.4 is 5.32 Å². The van der Waals surface area contributed by atoms with E-state index in [4.69, 9.17) is 4.74 Å². The molecule has 4 nitrogen and oxygen atoms in total. The summed E-state index contributed by atoms with van der Waals surface area (Å²) in [7, 11) is 0. The molecule has 0 aliphatic carbocycles. The van der Waals surface area contributed by atoms with E-state index in [1.54, 1.807) is 0 Å². The second-order valence-corrected chi connectivity index (χ2v) is 5.95. The number of fused-ring (bicyclic) bond motifs is 1. The van der Waals surface area contributed by atoms with Gasteiger partial charge in [0.1, 0.15) is 0 Å². The van der Waals surface area contributed by atoms with Gasteiger partial charge in [-0.3, -0.25) is 4.79 Å². The highest BCUT2D eigenvalue weighted by atomic mass is 79.9. The summed E-state index contributed by atoms with van der Waals surface area (Å²) in [5.74, 6) is -0.0636. The third-order valence-corrected chi connectivity index (χ3v) is 4.40. The van der Waals surface area contributed by atoms with Crippen molar-refractivity contribution in [1.29, 1.82) is 0 Å². The SMILES string of the molecule is CC(NC(=O)c1cc(Br)n2c1COCC2)c1ccccc1. The van der Waals surface area contributed by atoms with Crippen LogP contribution in [0.4, 0.5) is 0 Å². The number of amides is 1. The van der Waals surface area contributed by atoms with Crippen LogP contribution in [0.1, 0.15) is 34.6 Å². The number of nitrogens with zero attached hydrogens (tertiary/aromatic N) is 1. The van der Waals surface area contributed by atoms with Crippen molar-refractivity contribution in [2.24, 2.45) is 0 Å². The number of benzene rings is 1. The highest BCUT2D eigenvalue weighted by molar-refractivity contribution is 9.10. The molecule has 0 saturated carbocycles. The number of ether oxygens (including phenoxy) is 1. The van der Waals surface area contributed by atoms with Gasteiger partial charge in [-0.25, -0.2) is 0 Å². The summed E-state index contributed by atoms with van der Waals surface area (Å²) in [6, 6.07) is 11.8. The Morgan fingerprint density at radius 2 is 2.14 bits per heavy atom. The van der Waals surface area contributed by atoms with Crippen molar-refractivity contribution < 1.29 is 9.53 Å². The molecule has 0 fully saturated rings. The summed E-state index contributed by atoms with van der Waals surface area (Å²) in [6.07, 6.45) is 0. The van der Waals surface area contributed by atoms with Crippen LogP contribution in [-0.4, -0.2) is 17.1 Å². The average molecular weight is 349 g/mol. The van der Waals surface area contributed by atoms with Crippen molar-refractivity contribution in [2.75, 3.05) is 6.61 Å². The molecule has 2 aromatic rings. The Morgan fingerprint density at radius 1 is 1.38 bits per heavy atom. The number of hydrogen-bond donors (Lipinski definition) is 1. The monoisotopic (exact) mass is 348 g/mol. The van der Waals surface area contributed by atoms with E-state index in [0.29, 0.717) is 18.8 Å². The number of nitrogens with one attached hydrogen (secondary N) is 1. The third kappa shape index (κ3) is 2.89. The Hall–Kier alpha value is -1.59. The van der Waals surface area contributed by atoms with Crippen LogP contribution in [0.3, 0.4) is 0 Å². The molecule has 0 radical (unpaired) electrons. The zero-order chi connectivity index (χ0) is 14.8. The molecule has 1 aliphatic rings. The van der Waals surface area contributed by atoms with Crippen LogP contribution in [-0.2, 0) is 17.9 Å². The van der Waals surface area contributed by atoms with E-state index in [9.17, 15) is 4.79 Å². The highest BCUT2D eigenvalue weighted by Crippen LogP contribution is 2.25. The Kier molecular flexibility index (Phi) is 4.12. The van der Waals surface area contributed by atoms with Gasteiger partial charge in [-0.1, -0.05) is 30.3 Å². The molecule has 0 spiro atoms. The predicted molar refractivity (Wildman–Crippen MR) is 84.1 cm³/mol. The molecular weight excluding hydrogens is 332 g/mol. The fourth-order valence-corrected chi connectivity index (χ4v) is 3.19. The fourth-order valence-electron chi connectivity index (χ4n) is 2.57. The molecule has 21 heavy (non-hydrogen) atoms. The van der Waals surface area contributed by atoms with E-state index in [1.807, 2.05) is 43.3 Å². The summed E-state index contributed by atoms with van der Waals surface area (Å²) >= 11 is 3.51. The summed E-state index contributed by atoms with van der Waals surface area (Å²) in [6.45, 7) is 3.93. The molecule has 1 amide bonds. The van der Waals surface area contributed by atoms with E-state index in [0.717, 1.165) is 22.4 Å². The van der Waals surface area contributed by atoms with Crippen molar-refractivity contribution in [3.63, 3.8) is 0 Å². The van der Waals surface area contributed by atoms with Gasteiger partial charge >= 0.3 is 0 Å². The second kappa shape index (κ2) is 6.03. The molecule has 1 aromatic carbocycles. The van der Waals surface area contributed by atoms with Crippen LogP contribution in [0.5, 0.6) is 0 Å². The number of carbonyl (C=O) groups is 1. The lowest BCUT2D eigenvalue weighted by atomic mass is 10.1. The molecule has 110 valence electrons. The van der Waals surface area contributed by atoms with Gasteiger partial charge in [-0.05, 0) is 34.5 Å². The minimum atomic E-state index is -0.0636. The van der Waals surface area contributed by atoms with Gasteiger partial charge in [0.2, 0.25) is 0 Å². The quantitative estimate of drug-likeness (QED) is 0.924. The van der Waals surface area contributed by atoms with E-state index in [-0.39, 0.29) is 11.9 Å². The van der Waals surface area contributed by atoms with Gasteiger partial charge in [0.25, 0.3) is 5.91 Å². The maximum absolute atomic E-state index is 12.5. The lowest BCUT2D eigenvalue weighted by Crippen LogP contribution is -2.28. The minimum Gasteiger partial charge on any atom is -0.373 e. The number of aromatic nitrogens is 1. The smallest absolute Gasteiger partial charge is 0.253 e. The highest BCUT2D eigenvalue weighted by Gasteiger charge is 2.22. The summed E-state index contributed by atoms with van der Waals surface area (Å²) in [5, 5.41) is 3.05. The lowest BCUT2D eigenvalue weighted by Gasteiger charge is -2.19. The van der Waals surface area contributed by atoms with Gasteiger partial charge in [-0.2, -0.15) is 0 Å². The maximum Gasteiger partial charge on any atom is 0.253 e. The van der Waals surface area contributed by atoms with Gasteiger partial charge < -0.3 is 14.6 Å². The molecule has 1 N–H and O–H groups in total. The van der Waals surface area contributed by atoms with Crippen molar-refractivity contribution in [1.82, 2.24) is 9.88 Å². The maximum atomic E-state index is 12.5. The Balaban J connectivity index is 1.80. The average Bonchev–Trinajstić information content (AvgIpc) is 2.86. The first-order valence-electron chi connectivity index (χ1n) is 6.98. The van der Waals surface area contributed by atoms with Crippen LogP contribution >= 0.6 is 15.9 Å². The van der Waals surface area contributed by atoms with Crippen LogP contribution in [0, 0.1) is 0 Å². The Morgan fingerprint density at radius 3 is 2.90 bits per heavy atom. The van der Waals surface area contributed by atoms with E-state index in [2.05, 4.69) is 25.8 Å². The fraction of sp³-hybridized carbons (Fsp3) is 0.312.